The molecular weight excluding hydrogens is 457 g/mol. The Morgan fingerprint density at radius 1 is 0.758 bits per heavy atom. The number of carbonyl (C=O) groups excluding carboxylic acids is 1. The number of hydrogen-bond acceptors (Lipinski definition) is 4. The number of carbonyl (C=O) groups is 4. The van der Waals surface area contributed by atoms with Gasteiger partial charge in [-0.25, -0.2) is 18.8 Å². The van der Waals surface area contributed by atoms with Crippen molar-refractivity contribution in [1.29, 1.82) is 0 Å². The lowest BCUT2D eigenvalue weighted by atomic mass is 10.00. The summed E-state index contributed by atoms with van der Waals surface area (Å²) >= 11 is 5.88. The quantitative estimate of drug-likeness (QED) is 0.404. The van der Waals surface area contributed by atoms with Gasteiger partial charge in [-0.2, -0.15) is 0 Å². The van der Waals surface area contributed by atoms with Crippen molar-refractivity contribution < 1.29 is 38.9 Å². The number of rotatable bonds is 6. The minimum atomic E-state index is -1.58. The Bertz CT molecular complexity index is 1340. The van der Waals surface area contributed by atoms with Crippen LogP contribution in [0.1, 0.15) is 47.0 Å². The second-order valence-electron chi connectivity index (χ2n) is 6.97. The first-order valence-electron chi connectivity index (χ1n) is 9.25. The van der Waals surface area contributed by atoms with Crippen molar-refractivity contribution in [3.05, 3.63) is 87.2 Å². The lowest BCUT2D eigenvalue weighted by Crippen LogP contribution is -2.19. The number of aryl methyl sites for hydroxylation is 1. The topological polar surface area (TPSA) is 141 Å². The summed E-state index contributed by atoms with van der Waals surface area (Å²) in [5, 5.41) is 30.0. The highest BCUT2D eigenvalue weighted by atomic mass is 35.5. The van der Waals surface area contributed by atoms with Crippen LogP contribution >= 0.6 is 11.6 Å². The molecule has 0 bridgehead atoms. The van der Waals surface area contributed by atoms with E-state index in [9.17, 15) is 33.8 Å². The largest absolute Gasteiger partial charge is 0.478 e. The van der Waals surface area contributed by atoms with Gasteiger partial charge in [0.1, 0.15) is 5.82 Å². The summed E-state index contributed by atoms with van der Waals surface area (Å²) in [7, 11) is 0. The van der Waals surface area contributed by atoms with Gasteiger partial charge in [0.05, 0.1) is 33.0 Å². The molecule has 0 atom stereocenters. The van der Waals surface area contributed by atoms with Gasteiger partial charge in [-0.3, -0.25) is 4.79 Å². The molecule has 0 fully saturated rings. The van der Waals surface area contributed by atoms with Crippen LogP contribution in [-0.4, -0.2) is 39.1 Å². The number of benzene rings is 3. The third-order valence-electron chi connectivity index (χ3n) is 4.82. The summed E-state index contributed by atoms with van der Waals surface area (Å²) in [4.78, 5) is 47.3. The molecule has 0 heterocycles. The van der Waals surface area contributed by atoms with Gasteiger partial charge in [-0.15, -0.1) is 0 Å². The Morgan fingerprint density at radius 2 is 1.33 bits per heavy atom. The summed E-state index contributed by atoms with van der Waals surface area (Å²) < 4.78 is 14.0. The van der Waals surface area contributed by atoms with Crippen molar-refractivity contribution in [2.45, 2.75) is 6.92 Å². The Kier molecular flexibility index (Phi) is 6.45. The van der Waals surface area contributed by atoms with Crippen LogP contribution < -0.4 is 5.32 Å². The lowest BCUT2D eigenvalue weighted by Gasteiger charge is -2.13. The zero-order valence-electron chi connectivity index (χ0n) is 16.8. The molecule has 0 aliphatic carbocycles. The van der Waals surface area contributed by atoms with Crippen molar-refractivity contribution in [1.82, 2.24) is 0 Å². The van der Waals surface area contributed by atoms with Crippen LogP contribution in [0.5, 0.6) is 0 Å². The second kappa shape index (κ2) is 9.09. The van der Waals surface area contributed by atoms with Crippen molar-refractivity contribution in [2.24, 2.45) is 0 Å². The van der Waals surface area contributed by atoms with E-state index in [1.807, 2.05) is 0 Å². The molecule has 168 valence electrons. The molecule has 0 radical (unpaired) electrons. The van der Waals surface area contributed by atoms with Gasteiger partial charge in [0.15, 0.2) is 0 Å². The summed E-state index contributed by atoms with van der Waals surface area (Å²) in [5.41, 5.74) is -0.871. The first-order valence-corrected chi connectivity index (χ1v) is 9.62. The van der Waals surface area contributed by atoms with Gasteiger partial charge in [-0.05, 0) is 53.9 Å². The van der Waals surface area contributed by atoms with E-state index in [2.05, 4.69) is 5.32 Å². The predicted molar refractivity (Wildman–Crippen MR) is 117 cm³/mol. The number of halogens is 2. The lowest BCUT2D eigenvalue weighted by molar-refractivity contribution is 0.0680. The van der Waals surface area contributed by atoms with Crippen molar-refractivity contribution >= 4 is 41.1 Å². The molecule has 4 N–H and O–H groups in total. The van der Waals surface area contributed by atoms with Crippen LogP contribution in [0.4, 0.5) is 10.1 Å². The fourth-order valence-corrected chi connectivity index (χ4v) is 3.32. The summed E-state index contributed by atoms with van der Waals surface area (Å²) in [5.74, 6) is -5.94. The number of carboxylic acids is 3. The van der Waals surface area contributed by atoms with E-state index in [0.29, 0.717) is 16.7 Å². The van der Waals surface area contributed by atoms with Gasteiger partial charge in [0.25, 0.3) is 5.91 Å². The average Bonchev–Trinajstić information content (AvgIpc) is 2.74. The molecule has 0 saturated heterocycles. The zero-order chi connectivity index (χ0) is 24.4. The molecule has 8 nitrogen and oxygen atoms in total. The number of nitrogens with one attached hydrogen (secondary N) is 1. The summed E-state index contributed by atoms with van der Waals surface area (Å²) in [6, 6.07) is 9.98. The molecule has 0 aliphatic rings. The fraction of sp³-hybridized carbons (Fsp3) is 0.0435. The van der Waals surface area contributed by atoms with Crippen molar-refractivity contribution in [3.63, 3.8) is 0 Å². The highest BCUT2D eigenvalue weighted by Gasteiger charge is 2.23. The minimum absolute atomic E-state index is 0.180. The highest BCUT2D eigenvalue weighted by molar-refractivity contribution is 6.34. The van der Waals surface area contributed by atoms with Crippen molar-refractivity contribution in [2.75, 3.05) is 5.32 Å². The Hall–Kier alpha value is -4.24. The van der Waals surface area contributed by atoms with E-state index in [1.165, 1.54) is 24.3 Å². The van der Waals surface area contributed by atoms with Crippen LogP contribution in [0.25, 0.3) is 11.1 Å². The summed E-state index contributed by atoms with van der Waals surface area (Å²) in [6.45, 7) is 1.58. The molecule has 3 rings (SSSR count). The maximum atomic E-state index is 14.0. The van der Waals surface area contributed by atoms with Crippen LogP contribution in [0, 0.1) is 12.7 Å². The van der Waals surface area contributed by atoms with E-state index in [4.69, 9.17) is 16.7 Å². The van der Waals surface area contributed by atoms with E-state index in [1.54, 1.807) is 19.1 Å². The van der Waals surface area contributed by atoms with E-state index in [-0.39, 0.29) is 16.3 Å². The summed E-state index contributed by atoms with van der Waals surface area (Å²) in [6.07, 6.45) is 0. The molecular formula is C23H15ClFNO7. The molecule has 0 saturated carbocycles. The SMILES string of the molecule is Cc1ccc(-c2ccc(C(=O)O)c(NC(=O)c3cc(Cl)c(C(=O)O)cc3C(=O)O)c2)cc1F. The molecule has 0 aliphatic heterocycles. The number of amides is 1. The van der Waals surface area contributed by atoms with Crippen LogP contribution in [0.15, 0.2) is 48.5 Å². The third-order valence-corrected chi connectivity index (χ3v) is 5.13. The van der Waals surface area contributed by atoms with E-state index >= 15 is 0 Å². The fourth-order valence-electron chi connectivity index (χ4n) is 3.08. The molecule has 0 aromatic heterocycles. The first kappa shape index (κ1) is 23.4. The average molecular weight is 472 g/mol. The minimum Gasteiger partial charge on any atom is -0.478 e. The van der Waals surface area contributed by atoms with E-state index < -0.39 is 46.3 Å². The zero-order valence-corrected chi connectivity index (χ0v) is 17.6. The molecule has 1 amide bonds. The number of anilines is 1. The number of carboxylic acid groups (broad SMARTS) is 3. The van der Waals surface area contributed by atoms with Gasteiger partial charge in [0, 0.05) is 0 Å². The smallest absolute Gasteiger partial charge is 0.337 e. The predicted octanol–water partition coefficient (Wildman–Crippen LogP) is 4.80. The van der Waals surface area contributed by atoms with E-state index in [0.717, 1.165) is 12.1 Å². The third kappa shape index (κ3) is 4.83. The van der Waals surface area contributed by atoms with Gasteiger partial charge in [-0.1, -0.05) is 29.8 Å². The maximum Gasteiger partial charge on any atom is 0.337 e. The van der Waals surface area contributed by atoms with Crippen LogP contribution in [0.3, 0.4) is 0 Å². The Labute approximate surface area is 190 Å². The molecule has 3 aromatic rings. The molecule has 33 heavy (non-hydrogen) atoms. The molecule has 3 aromatic carbocycles. The highest BCUT2D eigenvalue weighted by Crippen LogP contribution is 2.29. The van der Waals surface area contributed by atoms with Crippen LogP contribution in [0.2, 0.25) is 5.02 Å². The Morgan fingerprint density at radius 3 is 1.91 bits per heavy atom. The molecule has 0 spiro atoms. The monoisotopic (exact) mass is 471 g/mol. The second-order valence-corrected chi connectivity index (χ2v) is 7.38. The van der Waals surface area contributed by atoms with Gasteiger partial charge < -0.3 is 20.6 Å². The standard InChI is InChI=1S/C23H15ClFNO7/c1-10-2-3-11(6-18(10)25)12-4-5-13(21(28)29)19(7-12)26-20(27)14-9-17(24)16(23(32)33)8-15(14)22(30)31/h2-9H,1H3,(H,26,27)(H,28,29)(H,30,31)(H,32,33). The number of aromatic carboxylic acids is 3. The first-order chi connectivity index (χ1) is 15.5. The molecule has 10 heteroatoms. The number of hydrogen-bond donors (Lipinski definition) is 4. The Balaban J connectivity index is 2.08. The molecule has 0 unspecified atom stereocenters. The normalized spacial score (nSPS) is 10.5. The van der Waals surface area contributed by atoms with Crippen molar-refractivity contribution in [3.8, 4) is 11.1 Å². The maximum absolute atomic E-state index is 14.0. The van der Waals surface area contributed by atoms with Gasteiger partial charge in [0.2, 0.25) is 0 Å². The van der Waals surface area contributed by atoms with Gasteiger partial charge >= 0.3 is 17.9 Å². The van der Waals surface area contributed by atoms with Crippen LogP contribution in [-0.2, 0) is 0 Å².